The number of nitriles is 1. The maximum Gasteiger partial charge on any atom is 0.0992 e. The van der Waals surface area contributed by atoms with E-state index in [1.54, 1.807) is 18.2 Å². The van der Waals surface area contributed by atoms with Crippen molar-refractivity contribution in [3.8, 4) is 6.07 Å². The quantitative estimate of drug-likeness (QED) is 0.817. The first-order valence-electron chi connectivity index (χ1n) is 5.47. The van der Waals surface area contributed by atoms with Gasteiger partial charge >= 0.3 is 0 Å². The van der Waals surface area contributed by atoms with Crippen molar-refractivity contribution in [2.24, 2.45) is 0 Å². The summed E-state index contributed by atoms with van der Waals surface area (Å²) in [6.45, 7) is 0.602. The van der Waals surface area contributed by atoms with Crippen LogP contribution >= 0.6 is 39.1 Å². The van der Waals surface area contributed by atoms with Crippen LogP contribution in [0.25, 0.3) is 0 Å². The Balaban J connectivity index is 2.14. The molecule has 0 aliphatic rings. The predicted octanol–water partition coefficient (Wildman–Crippen LogP) is 5.24. The molecule has 0 fully saturated rings. The first-order valence-corrected chi connectivity index (χ1v) is 7.02. The molecule has 0 saturated heterocycles. The van der Waals surface area contributed by atoms with Crippen molar-refractivity contribution >= 4 is 44.8 Å². The van der Waals surface area contributed by atoms with Crippen LogP contribution in [0.5, 0.6) is 0 Å². The number of rotatable bonds is 3. The van der Waals surface area contributed by atoms with E-state index in [0.717, 1.165) is 15.7 Å². The lowest BCUT2D eigenvalue weighted by atomic mass is 10.2. The van der Waals surface area contributed by atoms with Crippen molar-refractivity contribution in [2.75, 3.05) is 5.32 Å². The average molecular weight is 356 g/mol. The fraction of sp³-hybridized carbons (Fsp3) is 0.0714. The van der Waals surface area contributed by atoms with Crippen molar-refractivity contribution in [3.05, 3.63) is 62.0 Å². The highest BCUT2D eigenvalue weighted by atomic mass is 79.9. The average Bonchev–Trinajstić information content (AvgIpc) is 2.41. The zero-order valence-corrected chi connectivity index (χ0v) is 12.9. The van der Waals surface area contributed by atoms with Crippen molar-refractivity contribution in [1.29, 1.82) is 5.26 Å². The van der Waals surface area contributed by atoms with Gasteiger partial charge in [0, 0.05) is 11.0 Å². The molecule has 1 N–H and O–H groups in total. The van der Waals surface area contributed by atoms with Crippen LogP contribution in [-0.4, -0.2) is 0 Å². The lowest BCUT2D eigenvalue weighted by Crippen LogP contribution is -2.00. The van der Waals surface area contributed by atoms with E-state index >= 15 is 0 Å². The summed E-state index contributed by atoms with van der Waals surface area (Å²) < 4.78 is 0.852. The molecule has 0 heterocycles. The van der Waals surface area contributed by atoms with Crippen LogP contribution in [0.4, 0.5) is 5.69 Å². The second kappa shape index (κ2) is 6.29. The van der Waals surface area contributed by atoms with Crippen molar-refractivity contribution in [3.63, 3.8) is 0 Å². The molecule has 0 spiro atoms. The second-order valence-electron chi connectivity index (χ2n) is 3.91. The summed E-state index contributed by atoms with van der Waals surface area (Å²) >= 11 is 15.4. The number of nitrogens with one attached hydrogen (secondary N) is 1. The van der Waals surface area contributed by atoms with Gasteiger partial charge in [0.05, 0.1) is 27.4 Å². The van der Waals surface area contributed by atoms with Gasteiger partial charge in [0.1, 0.15) is 0 Å². The Hall–Kier alpha value is -1.21. The van der Waals surface area contributed by atoms with Crippen LogP contribution in [0, 0.1) is 11.3 Å². The molecular weight excluding hydrogens is 347 g/mol. The van der Waals surface area contributed by atoms with Crippen LogP contribution in [0.2, 0.25) is 10.0 Å². The standard InChI is InChI=1S/C14H9BrCl2N2/c15-11-5-10(2-3-12(11)16)8-19-14-6-9(7-18)1-4-13(14)17/h1-6,19H,8H2. The molecule has 0 bridgehead atoms. The van der Waals surface area contributed by atoms with Crippen molar-refractivity contribution < 1.29 is 0 Å². The monoisotopic (exact) mass is 354 g/mol. The summed E-state index contributed by atoms with van der Waals surface area (Å²) in [5.74, 6) is 0. The normalized spacial score (nSPS) is 10.0. The minimum atomic E-state index is 0.573. The number of nitrogens with zero attached hydrogens (tertiary/aromatic N) is 1. The molecule has 2 nitrogen and oxygen atoms in total. The van der Waals surface area contributed by atoms with Crippen LogP contribution in [0.1, 0.15) is 11.1 Å². The highest BCUT2D eigenvalue weighted by molar-refractivity contribution is 9.10. The van der Waals surface area contributed by atoms with Gasteiger partial charge in [-0.15, -0.1) is 0 Å². The first-order chi connectivity index (χ1) is 9.10. The molecule has 2 aromatic carbocycles. The topological polar surface area (TPSA) is 35.8 Å². The molecule has 0 saturated carbocycles. The van der Waals surface area contributed by atoms with Crippen molar-refractivity contribution in [1.82, 2.24) is 0 Å². The van der Waals surface area contributed by atoms with E-state index in [4.69, 9.17) is 28.5 Å². The summed E-state index contributed by atoms with van der Waals surface area (Å²) in [4.78, 5) is 0. The highest BCUT2D eigenvalue weighted by Gasteiger charge is 2.03. The zero-order chi connectivity index (χ0) is 13.8. The summed E-state index contributed by atoms with van der Waals surface area (Å²) in [6.07, 6.45) is 0. The Labute approximate surface area is 130 Å². The van der Waals surface area contributed by atoms with Gasteiger partial charge in [-0.25, -0.2) is 0 Å². The molecule has 0 aliphatic carbocycles. The van der Waals surface area contributed by atoms with E-state index in [0.29, 0.717) is 22.2 Å². The number of anilines is 1. The van der Waals surface area contributed by atoms with E-state index in [-0.39, 0.29) is 0 Å². The smallest absolute Gasteiger partial charge is 0.0992 e. The first kappa shape index (κ1) is 14.2. The van der Waals surface area contributed by atoms with Crippen molar-refractivity contribution in [2.45, 2.75) is 6.54 Å². The minimum absolute atomic E-state index is 0.573. The lowest BCUT2D eigenvalue weighted by Gasteiger charge is -2.09. The number of hydrogen-bond acceptors (Lipinski definition) is 2. The molecule has 5 heteroatoms. The molecule has 0 aromatic heterocycles. The molecule has 0 radical (unpaired) electrons. The fourth-order valence-electron chi connectivity index (χ4n) is 1.58. The summed E-state index contributed by atoms with van der Waals surface area (Å²) in [7, 11) is 0. The molecule has 96 valence electrons. The Kier molecular flexibility index (Phi) is 4.71. The number of halogens is 3. The molecular formula is C14H9BrCl2N2. The van der Waals surface area contributed by atoms with E-state index in [9.17, 15) is 0 Å². The molecule has 0 atom stereocenters. The van der Waals surface area contributed by atoms with Gasteiger partial charge in [0.2, 0.25) is 0 Å². The Morgan fingerprint density at radius 3 is 2.53 bits per heavy atom. The highest BCUT2D eigenvalue weighted by Crippen LogP contribution is 2.26. The molecule has 2 rings (SSSR count). The molecule has 0 amide bonds. The lowest BCUT2D eigenvalue weighted by molar-refractivity contribution is 1.15. The largest absolute Gasteiger partial charge is 0.380 e. The van der Waals surface area contributed by atoms with E-state index < -0.39 is 0 Å². The van der Waals surface area contributed by atoms with Crippen LogP contribution < -0.4 is 5.32 Å². The van der Waals surface area contributed by atoms with E-state index in [1.165, 1.54) is 0 Å². The molecule has 19 heavy (non-hydrogen) atoms. The maximum atomic E-state index is 8.86. The van der Waals surface area contributed by atoms with Gasteiger partial charge in [-0.1, -0.05) is 29.3 Å². The van der Waals surface area contributed by atoms with Crippen LogP contribution in [0.3, 0.4) is 0 Å². The third kappa shape index (κ3) is 3.63. The van der Waals surface area contributed by atoms with Crippen LogP contribution in [-0.2, 0) is 6.54 Å². The summed E-state index contributed by atoms with van der Waals surface area (Å²) in [6, 6.07) is 12.9. The summed E-state index contributed by atoms with van der Waals surface area (Å²) in [5, 5.41) is 13.3. The Morgan fingerprint density at radius 1 is 1.11 bits per heavy atom. The Bertz CT molecular complexity index is 650. The Morgan fingerprint density at radius 2 is 1.84 bits per heavy atom. The maximum absolute atomic E-state index is 8.86. The van der Waals surface area contributed by atoms with Gasteiger partial charge in [0.25, 0.3) is 0 Å². The van der Waals surface area contributed by atoms with E-state index in [1.807, 2.05) is 18.2 Å². The van der Waals surface area contributed by atoms with Crippen LogP contribution in [0.15, 0.2) is 40.9 Å². The van der Waals surface area contributed by atoms with E-state index in [2.05, 4.69) is 27.3 Å². The number of hydrogen-bond donors (Lipinski definition) is 1. The third-order valence-corrected chi connectivity index (χ3v) is 4.11. The summed E-state index contributed by atoms with van der Waals surface area (Å²) in [5.41, 5.74) is 2.38. The third-order valence-electron chi connectivity index (χ3n) is 2.56. The van der Waals surface area contributed by atoms with Gasteiger partial charge < -0.3 is 5.32 Å². The molecule has 0 aliphatic heterocycles. The van der Waals surface area contributed by atoms with Gasteiger partial charge in [0.15, 0.2) is 0 Å². The number of benzene rings is 2. The van der Waals surface area contributed by atoms with Gasteiger partial charge in [-0.3, -0.25) is 0 Å². The fourth-order valence-corrected chi connectivity index (χ4v) is 2.31. The SMILES string of the molecule is N#Cc1ccc(Cl)c(NCc2ccc(Cl)c(Br)c2)c1. The zero-order valence-electron chi connectivity index (χ0n) is 9.75. The second-order valence-corrected chi connectivity index (χ2v) is 5.58. The predicted molar refractivity (Wildman–Crippen MR) is 82.6 cm³/mol. The minimum Gasteiger partial charge on any atom is -0.380 e. The molecule has 2 aromatic rings. The van der Waals surface area contributed by atoms with Gasteiger partial charge in [-0.2, -0.15) is 5.26 Å². The van der Waals surface area contributed by atoms with Gasteiger partial charge in [-0.05, 0) is 51.8 Å². The molecule has 0 unspecified atom stereocenters.